The molecule has 39 heavy (non-hydrogen) atoms. The van der Waals surface area contributed by atoms with E-state index in [1.807, 2.05) is 79.2 Å². The van der Waals surface area contributed by atoms with Crippen LogP contribution in [0.2, 0.25) is 0 Å². The molecule has 1 aliphatic rings. The number of thioether (sulfide) groups is 1. The lowest BCUT2D eigenvalue weighted by Gasteiger charge is -2.29. The van der Waals surface area contributed by atoms with Crippen LogP contribution in [0.15, 0.2) is 89.2 Å². The Balaban J connectivity index is 1.51. The van der Waals surface area contributed by atoms with Gasteiger partial charge in [-0.05, 0) is 67.6 Å². The number of fused-ring (bicyclic) bond motifs is 1. The molecule has 0 aliphatic carbocycles. The SMILES string of the molecule is CCCSc1nc2n(n1)C(c1cccc(OCc3ccccc3C)c1)C(C(=O)Nc1ccccc1C)=C(C)N2. The van der Waals surface area contributed by atoms with Crippen molar-refractivity contribution in [3.05, 3.63) is 106 Å². The van der Waals surface area contributed by atoms with Gasteiger partial charge in [0.2, 0.25) is 11.1 Å². The number of carbonyl (C=O) groups is 1. The van der Waals surface area contributed by atoms with Gasteiger partial charge in [0.1, 0.15) is 18.4 Å². The van der Waals surface area contributed by atoms with Gasteiger partial charge < -0.3 is 15.4 Å². The molecule has 1 unspecified atom stereocenters. The average molecular weight is 540 g/mol. The Labute approximate surface area is 233 Å². The van der Waals surface area contributed by atoms with Gasteiger partial charge in [-0.3, -0.25) is 4.79 Å². The van der Waals surface area contributed by atoms with E-state index in [0.29, 0.717) is 23.3 Å². The van der Waals surface area contributed by atoms with Gasteiger partial charge in [-0.15, -0.1) is 5.10 Å². The lowest BCUT2D eigenvalue weighted by molar-refractivity contribution is -0.113. The normalized spacial score (nSPS) is 14.5. The number of ether oxygens (including phenoxy) is 1. The average Bonchev–Trinajstić information content (AvgIpc) is 3.34. The summed E-state index contributed by atoms with van der Waals surface area (Å²) in [5.41, 5.74) is 6.31. The first-order valence-corrected chi connectivity index (χ1v) is 14.1. The molecule has 1 aliphatic heterocycles. The maximum Gasteiger partial charge on any atom is 0.255 e. The molecule has 7 nitrogen and oxygen atoms in total. The summed E-state index contributed by atoms with van der Waals surface area (Å²) in [5, 5.41) is 11.9. The summed E-state index contributed by atoms with van der Waals surface area (Å²) in [6.07, 6.45) is 1.02. The summed E-state index contributed by atoms with van der Waals surface area (Å²) in [6.45, 7) is 8.57. The van der Waals surface area contributed by atoms with E-state index in [2.05, 4.69) is 36.6 Å². The van der Waals surface area contributed by atoms with Gasteiger partial charge in [-0.2, -0.15) is 4.98 Å². The first-order chi connectivity index (χ1) is 18.9. The van der Waals surface area contributed by atoms with Gasteiger partial charge in [-0.25, -0.2) is 4.68 Å². The summed E-state index contributed by atoms with van der Waals surface area (Å²) < 4.78 is 8.02. The zero-order valence-electron chi connectivity index (χ0n) is 22.7. The second kappa shape index (κ2) is 11.8. The van der Waals surface area contributed by atoms with Gasteiger partial charge in [0.15, 0.2) is 0 Å². The molecule has 0 fully saturated rings. The lowest BCUT2D eigenvalue weighted by Crippen LogP contribution is -2.31. The van der Waals surface area contributed by atoms with Gasteiger partial charge in [-0.1, -0.05) is 73.3 Å². The number of aryl methyl sites for hydroxylation is 2. The Hall–Kier alpha value is -4.04. The molecule has 0 spiro atoms. The molecular formula is C31H33N5O2S. The predicted molar refractivity (Wildman–Crippen MR) is 157 cm³/mol. The number of para-hydroxylation sites is 1. The topological polar surface area (TPSA) is 81.1 Å². The molecule has 0 radical (unpaired) electrons. The van der Waals surface area contributed by atoms with Crippen molar-refractivity contribution in [1.29, 1.82) is 0 Å². The van der Waals surface area contributed by atoms with Crippen molar-refractivity contribution >= 4 is 29.3 Å². The third-order valence-corrected chi connectivity index (χ3v) is 7.78. The highest BCUT2D eigenvalue weighted by Gasteiger charge is 2.34. The molecule has 4 aromatic rings. The first kappa shape index (κ1) is 26.6. The lowest BCUT2D eigenvalue weighted by atomic mass is 9.94. The molecule has 0 bridgehead atoms. The number of hydrogen-bond donors (Lipinski definition) is 2. The van der Waals surface area contributed by atoms with Crippen LogP contribution in [0.3, 0.4) is 0 Å². The fourth-order valence-corrected chi connectivity index (χ4v) is 5.28. The zero-order chi connectivity index (χ0) is 27.4. The van der Waals surface area contributed by atoms with E-state index in [1.165, 1.54) is 5.56 Å². The van der Waals surface area contributed by atoms with E-state index < -0.39 is 6.04 Å². The number of allylic oxidation sites excluding steroid dienone is 1. The second-order valence-corrected chi connectivity index (χ2v) is 10.7. The Morgan fingerprint density at radius 3 is 2.56 bits per heavy atom. The largest absolute Gasteiger partial charge is 0.489 e. The molecular weight excluding hydrogens is 506 g/mol. The Bertz CT molecular complexity index is 1530. The van der Waals surface area contributed by atoms with Gasteiger partial charge in [0.25, 0.3) is 5.91 Å². The quantitative estimate of drug-likeness (QED) is 0.225. The fraction of sp³-hybridized carbons (Fsp3) is 0.258. The third kappa shape index (κ3) is 5.86. The van der Waals surface area contributed by atoms with Crippen LogP contribution in [0.1, 0.15) is 48.6 Å². The fourth-order valence-electron chi connectivity index (χ4n) is 4.60. The van der Waals surface area contributed by atoms with Crippen LogP contribution in [0, 0.1) is 13.8 Å². The number of aromatic nitrogens is 3. The van der Waals surface area contributed by atoms with E-state index in [1.54, 1.807) is 11.8 Å². The number of nitrogens with zero attached hydrogens (tertiary/aromatic N) is 3. The molecule has 1 aromatic heterocycles. The minimum atomic E-state index is -0.476. The van der Waals surface area contributed by atoms with Crippen LogP contribution < -0.4 is 15.4 Å². The predicted octanol–water partition coefficient (Wildman–Crippen LogP) is 6.90. The molecule has 2 N–H and O–H groups in total. The number of rotatable bonds is 9. The minimum Gasteiger partial charge on any atom is -0.489 e. The molecule has 5 rings (SSSR count). The van der Waals surface area contributed by atoms with Crippen molar-refractivity contribution in [2.75, 3.05) is 16.4 Å². The minimum absolute atomic E-state index is 0.186. The monoisotopic (exact) mass is 539 g/mol. The van der Waals surface area contributed by atoms with E-state index in [-0.39, 0.29) is 5.91 Å². The van der Waals surface area contributed by atoms with Crippen molar-refractivity contribution in [1.82, 2.24) is 14.8 Å². The highest BCUT2D eigenvalue weighted by molar-refractivity contribution is 7.99. The van der Waals surface area contributed by atoms with Crippen molar-refractivity contribution in [3.8, 4) is 5.75 Å². The van der Waals surface area contributed by atoms with Crippen LogP contribution in [0.4, 0.5) is 11.6 Å². The van der Waals surface area contributed by atoms with Gasteiger partial charge in [0.05, 0.1) is 5.57 Å². The van der Waals surface area contributed by atoms with Gasteiger partial charge in [0, 0.05) is 17.1 Å². The maximum atomic E-state index is 13.8. The molecule has 0 saturated carbocycles. The Morgan fingerprint density at radius 1 is 1.03 bits per heavy atom. The number of benzene rings is 3. The smallest absolute Gasteiger partial charge is 0.255 e. The van der Waals surface area contributed by atoms with Crippen LogP contribution in [0.5, 0.6) is 5.75 Å². The number of hydrogen-bond acceptors (Lipinski definition) is 6. The highest BCUT2D eigenvalue weighted by atomic mass is 32.2. The number of amides is 1. The summed E-state index contributed by atoms with van der Waals surface area (Å²) in [5.74, 6) is 2.08. The molecule has 0 saturated heterocycles. The molecule has 1 amide bonds. The van der Waals surface area contributed by atoms with E-state index >= 15 is 0 Å². The molecule has 3 aromatic carbocycles. The van der Waals surface area contributed by atoms with Crippen molar-refractivity contribution in [2.24, 2.45) is 0 Å². The molecule has 8 heteroatoms. The van der Waals surface area contributed by atoms with Crippen molar-refractivity contribution in [2.45, 2.75) is 51.9 Å². The second-order valence-electron chi connectivity index (χ2n) is 9.63. The number of nitrogens with one attached hydrogen (secondary N) is 2. The standard InChI is InChI=1S/C31H33N5O2S/c1-5-17-39-31-34-30-32-22(4)27(29(37)33-26-16-9-7-12-21(26)3)28(36(30)35-31)23-14-10-15-25(18-23)38-19-24-13-8-6-11-20(24)2/h6-16,18,28H,5,17,19H2,1-4H3,(H,33,37)(H,32,34,35). The summed E-state index contributed by atoms with van der Waals surface area (Å²) in [6, 6.07) is 23.4. The van der Waals surface area contributed by atoms with E-state index in [9.17, 15) is 4.79 Å². The van der Waals surface area contributed by atoms with Crippen LogP contribution in [0.25, 0.3) is 0 Å². The van der Waals surface area contributed by atoms with E-state index in [4.69, 9.17) is 14.8 Å². The van der Waals surface area contributed by atoms with Crippen LogP contribution >= 0.6 is 11.8 Å². The third-order valence-electron chi connectivity index (χ3n) is 6.74. The maximum absolute atomic E-state index is 13.8. The zero-order valence-corrected chi connectivity index (χ0v) is 23.5. The molecule has 1 atom stereocenters. The molecule has 200 valence electrons. The Morgan fingerprint density at radius 2 is 1.79 bits per heavy atom. The van der Waals surface area contributed by atoms with Crippen LogP contribution in [-0.2, 0) is 11.4 Å². The summed E-state index contributed by atoms with van der Waals surface area (Å²) in [7, 11) is 0. The van der Waals surface area contributed by atoms with E-state index in [0.717, 1.165) is 46.0 Å². The van der Waals surface area contributed by atoms with Crippen LogP contribution in [-0.4, -0.2) is 26.4 Å². The number of anilines is 2. The summed E-state index contributed by atoms with van der Waals surface area (Å²) in [4.78, 5) is 18.5. The van der Waals surface area contributed by atoms with Crippen molar-refractivity contribution < 1.29 is 9.53 Å². The summed E-state index contributed by atoms with van der Waals surface area (Å²) >= 11 is 1.61. The Kier molecular flexibility index (Phi) is 8.02. The first-order valence-electron chi connectivity index (χ1n) is 13.2. The van der Waals surface area contributed by atoms with Gasteiger partial charge >= 0.3 is 0 Å². The van der Waals surface area contributed by atoms with Crippen molar-refractivity contribution in [3.63, 3.8) is 0 Å². The molecule has 2 heterocycles. The number of carbonyl (C=O) groups excluding carboxylic acids is 1. The highest BCUT2D eigenvalue weighted by Crippen LogP contribution is 2.38.